The zero-order valence-electron chi connectivity index (χ0n) is 12.7. The van der Waals surface area contributed by atoms with E-state index in [-0.39, 0.29) is 12.1 Å². The summed E-state index contributed by atoms with van der Waals surface area (Å²) < 4.78 is 0. The molecule has 1 N–H and O–H groups in total. The van der Waals surface area contributed by atoms with Crippen molar-refractivity contribution in [2.75, 3.05) is 0 Å². The minimum atomic E-state index is 0.136. The molecule has 0 aliphatic heterocycles. The smallest absolute Gasteiger partial charge is 0.0639 e. The molecule has 0 radical (unpaired) electrons. The van der Waals surface area contributed by atoms with E-state index in [1.165, 1.54) is 11.1 Å². The van der Waals surface area contributed by atoms with E-state index in [1.54, 1.807) is 0 Å². The summed E-state index contributed by atoms with van der Waals surface area (Å²) in [4.78, 5) is 0. The van der Waals surface area contributed by atoms with Crippen LogP contribution in [-0.2, 0) is 6.42 Å². The predicted molar refractivity (Wildman–Crippen MR) is 92.2 cm³/mol. The highest BCUT2D eigenvalue weighted by Crippen LogP contribution is 2.31. The molecule has 21 heavy (non-hydrogen) atoms. The van der Waals surface area contributed by atoms with Gasteiger partial charge in [-0.2, -0.15) is 0 Å². The molecule has 0 spiro atoms. The second kappa shape index (κ2) is 7.31. The molecule has 1 nitrogen and oxygen atoms in total. The van der Waals surface area contributed by atoms with Gasteiger partial charge in [0.2, 0.25) is 0 Å². The number of aryl methyl sites for hydroxylation is 1. The largest absolute Gasteiger partial charge is 0.304 e. The van der Waals surface area contributed by atoms with Crippen LogP contribution in [0.5, 0.6) is 0 Å². The number of hydrogen-bond donors (Lipinski definition) is 1. The number of rotatable bonds is 5. The molecular weight excluding hydrogens is 301 g/mol. The minimum Gasteiger partial charge on any atom is -0.304 e. The van der Waals surface area contributed by atoms with E-state index < -0.39 is 0 Å². The normalized spacial score (nSPS) is 14.0. The molecule has 0 fully saturated rings. The van der Waals surface area contributed by atoms with Crippen molar-refractivity contribution in [1.82, 2.24) is 5.32 Å². The summed E-state index contributed by atoms with van der Waals surface area (Å²) in [6, 6.07) is 14.9. The molecule has 0 heterocycles. The first-order valence-corrected chi connectivity index (χ1v) is 8.07. The third-order valence-electron chi connectivity index (χ3n) is 3.84. The second-order valence-corrected chi connectivity index (χ2v) is 6.13. The van der Waals surface area contributed by atoms with Crippen LogP contribution in [0.4, 0.5) is 0 Å². The van der Waals surface area contributed by atoms with E-state index in [9.17, 15) is 0 Å². The molecular formula is C18H21Cl2N. The SMILES string of the molecule is CCc1ccc(C(C)NC(C)c2cccc(Cl)c2Cl)cc1. The van der Waals surface area contributed by atoms with Crippen LogP contribution in [-0.4, -0.2) is 0 Å². The van der Waals surface area contributed by atoms with Gasteiger partial charge in [-0.3, -0.25) is 0 Å². The van der Waals surface area contributed by atoms with Crippen molar-refractivity contribution in [2.45, 2.75) is 39.3 Å². The lowest BCUT2D eigenvalue weighted by molar-refractivity contribution is 0.495. The number of halogens is 2. The topological polar surface area (TPSA) is 12.0 Å². The van der Waals surface area contributed by atoms with Crippen molar-refractivity contribution >= 4 is 23.2 Å². The van der Waals surface area contributed by atoms with Gasteiger partial charge in [-0.1, -0.05) is 66.5 Å². The standard InChI is InChI=1S/C18H21Cl2N/c1-4-14-8-10-15(11-9-14)12(2)21-13(3)16-6-5-7-17(19)18(16)20/h5-13,21H,4H2,1-3H3. The zero-order chi connectivity index (χ0) is 15.4. The highest BCUT2D eigenvalue weighted by molar-refractivity contribution is 6.42. The Hall–Kier alpha value is -1.02. The average molecular weight is 322 g/mol. The highest BCUT2D eigenvalue weighted by Gasteiger charge is 2.15. The Morgan fingerprint density at radius 3 is 2.24 bits per heavy atom. The third kappa shape index (κ3) is 4.00. The maximum absolute atomic E-state index is 6.29. The summed E-state index contributed by atoms with van der Waals surface area (Å²) in [5.41, 5.74) is 3.66. The van der Waals surface area contributed by atoms with Gasteiger partial charge in [-0.05, 0) is 43.0 Å². The monoisotopic (exact) mass is 321 g/mol. The molecule has 3 heteroatoms. The fourth-order valence-electron chi connectivity index (χ4n) is 2.46. The summed E-state index contributed by atoms with van der Waals surface area (Å²) in [6.45, 7) is 6.43. The van der Waals surface area contributed by atoms with Gasteiger partial charge in [0, 0.05) is 12.1 Å². The quantitative estimate of drug-likeness (QED) is 0.715. The Labute approximate surface area is 137 Å². The van der Waals surface area contributed by atoms with Gasteiger partial charge in [0.1, 0.15) is 0 Å². The molecule has 2 aromatic carbocycles. The van der Waals surface area contributed by atoms with Crippen LogP contribution in [0.3, 0.4) is 0 Å². The van der Waals surface area contributed by atoms with E-state index in [4.69, 9.17) is 23.2 Å². The van der Waals surface area contributed by atoms with Gasteiger partial charge in [-0.15, -0.1) is 0 Å². The molecule has 2 unspecified atom stereocenters. The van der Waals surface area contributed by atoms with Crippen molar-refractivity contribution in [1.29, 1.82) is 0 Å². The summed E-state index contributed by atoms with van der Waals surface area (Å²) >= 11 is 12.4. The van der Waals surface area contributed by atoms with Crippen molar-refractivity contribution in [3.8, 4) is 0 Å². The number of hydrogen-bond acceptors (Lipinski definition) is 1. The van der Waals surface area contributed by atoms with Crippen molar-refractivity contribution in [3.05, 3.63) is 69.2 Å². The Morgan fingerprint density at radius 1 is 0.952 bits per heavy atom. The molecule has 2 atom stereocenters. The van der Waals surface area contributed by atoms with E-state index >= 15 is 0 Å². The van der Waals surface area contributed by atoms with Crippen LogP contribution in [0, 0.1) is 0 Å². The Kier molecular flexibility index (Phi) is 5.69. The molecule has 0 bridgehead atoms. The lowest BCUT2D eigenvalue weighted by atomic mass is 10.0. The zero-order valence-corrected chi connectivity index (χ0v) is 14.2. The van der Waals surface area contributed by atoms with Gasteiger partial charge in [0.05, 0.1) is 10.0 Å². The highest BCUT2D eigenvalue weighted by atomic mass is 35.5. The maximum atomic E-state index is 6.29. The fraction of sp³-hybridized carbons (Fsp3) is 0.333. The Morgan fingerprint density at radius 2 is 1.62 bits per heavy atom. The van der Waals surface area contributed by atoms with Crippen LogP contribution < -0.4 is 5.32 Å². The first-order chi connectivity index (χ1) is 10.0. The average Bonchev–Trinajstić information content (AvgIpc) is 2.50. The molecule has 2 rings (SSSR count). The second-order valence-electron chi connectivity index (χ2n) is 5.35. The van der Waals surface area contributed by atoms with E-state index in [2.05, 4.69) is 50.4 Å². The van der Waals surface area contributed by atoms with Crippen molar-refractivity contribution in [2.24, 2.45) is 0 Å². The number of benzene rings is 2. The van der Waals surface area contributed by atoms with Gasteiger partial charge in [-0.25, -0.2) is 0 Å². The molecule has 2 aromatic rings. The van der Waals surface area contributed by atoms with Gasteiger partial charge >= 0.3 is 0 Å². The van der Waals surface area contributed by atoms with Crippen LogP contribution in [0.2, 0.25) is 10.0 Å². The Bertz CT molecular complexity index is 593. The molecule has 0 aromatic heterocycles. The van der Waals surface area contributed by atoms with E-state index in [0.717, 1.165) is 12.0 Å². The van der Waals surface area contributed by atoms with Crippen molar-refractivity contribution < 1.29 is 0 Å². The predicted octanol–water partition coefficient (Wildman–Crippen LogP) is 5.97. The van der Waals surface area contributed by atoms with Gasteiger partial charge in [0.15, 0.2) is 0 Å². The fourth-order valence-corrected chi connectivity index (χ4v) is 2.93. The molecule has 0 amide bonds. The van der Waals surface area contributed by atoms with Crippen LogP contribution in [0.15, 0.2) is 42.5 Å². The number of nitrogens with one attached hydrogen (secondary N) is 1. The summed E-state index contributed by atoms with van der Waals surface area (Å²) in [5, 5.41) is 4.81. The van der Waals surface area contributed by atoms with Crippen LogP contribution in [0.1, 0.15) is 49.5 Å². The molecule has 0 saturated heterocycles. The lowest BCUT2D eigenvalue weighted by Gasteiger charge is -2.22. The molecule has 112 valence electrons. The van der Waals surface area contributed by atoms with Crippen LogP contribution in [0.25, 0.3) is 0 Å². The van der Waals surface area contributed by atoms with Crippen LogP contribution >= 0.6 is 23.2 Å². The summed E-state index contributed by atoms with van der Waals surface area (Å²) in [6.07, 6.45) is 1.07. The molecule has 0 aliphatic carbocycles. The first-order valence-electron chi connectivity index (χ1n) is 7.31. The first kappa shape index (κ1) is 16.4. The van der Waals surface area contributed by atoms with Gasteiger partial charge in [0.25, 0.3) is 0 Å². The maximum Gasteiger partial charge on any atom is 0.0639 e. The van der Waals surface area contributed by atoms with E-state index in [0.29, 0.717) is 10.0 Å². The molecule has 0 saturated carbocycles. The van der Waals surface area contributed by atoms with Crippen molar-refractivity contribution in [3.63, 3.8) is 0 Å². The summed E-state index contributed by atoms with van der Waals surface area (Å²) in [7, 11) is 0. The Balaban J connectivity index is 2.10. The third-order valence-corrected chi connectivity index (χ3v) is 4.67. The lowest BCUT2D eigenvalue weighted by Crippen LogP contribution is -2.22. The summed E-state index contributed by atoms with van der Waals surface area (Å²) in [5.74, 6) is 0. The molecule has 0 aliphatic rings. The van der Waals surface area contributed by atoms with E-state index in [1.807, 2.05) is 18.2 Å². The van der Waals surface area contributed by atoms with Gasteiger partial charge < -0.3 is 5.32 Å². The minimum absolute atomic E-state index is 0.136.